The summed E-state index contributed by atoms with van der Waals surface area (Å²) in [6.07, 6.45) is 1.31. The van der Waals surface area contributed by atoms with Crippen LogP contribution in [-0.4, -0.2) is 11.5 Å². The second kappa shape index (κ2) is 3.96. The molecule has 2 rings (SSSR count). The molecule has 0 saturated heterocycles. The van der Waals surface area contributed by atoms with Gasteiger partial charge >= 0.3 is 0 Å². The van der Waals surface area contributed by atoms with Gasteiger partial charge in [-0.05, 0) is 18.6 Å². The minimum absolute atomic E-state index is 0.184. The van der Waals surface area contributed by atoms with E-state index in [-0.39, 0.29) is 5.78 Å². The molecule has 0 radical (unpaired) electrons. The Labute approximate surface area is 87.6 Å². The van der Waals surface area contributed by atoms with Crippen molar-refractivity contribution in [3.05, 3.63) is 29.8 Å². The van der Waals surface area contributed by atoms with Gasteiger partial charge in [0.05, 0.1) is 0 Å². The average Bonchev–Trinajstić information content (AvgIpc) is 2.17. The number of carbonyl (C=O) groups excluding carboxylic acids is 1. The summed E-state index contributed by atoms with van der Waals surface area (Å²) in [4.78, 5) is 12.1. The monoisotopic (exact) mass is 205 g/mol. The molecule has 72 valence electrons. The van der Waals surface area contributed by atoms with Gasteiger partial charge in [0.1, 0.15) is 5.78 Å². The van der Waals surface area contributed by atoms with Crippen molar-refractivity contribution in [1.82, 2.24) is 0 Å². The molecule has 1 aromatic carbocycles. The van der Waals surface area contributed by atoms with Gasteiger partial charge in [0.25, 0.3) is 0 Å². The van der Waals surface area contributed by atoms with E-state index >= 15 is 0 Å². The molecule has 2 nitrogen and oxygen atoms in total. The van der Waals surface area contributed by atoms with E-state index in [9.17, 15) is 4.79 Å². The Kier molecular flexibility index (Phi) is 2.68. The number of ketones is 1. The highest BCUT2D eigenvalue weighted by Crippen LogP contribution is 2.29. The van der Waals surface area contributed by atoms with Gasteiger partial charge in [-0.3, -0.25) is 4.79 Å². The largest absolute Gasteiger partial charge is 0.300 e. The number of hydrogen-bond acceptors (Lipinski definition) is 3. The first-order valence-corrected chi connectivity index (χ1v) is 5.33. The number of rotatable bonds is 2. The van der Waals surface area contributed by atoms with E-state index in [1.807, 2.05) is 12.1 Å². The molecule has 3 heteroatoms. The van der Waals surface area contributed by atoms with Crippen LogP contribution < -0.4 is 0 Å². The lowest BCUT2D eigenvalue weighted by Crippen LogP contribution is -2.10. The normalized spacial score (nSPS) is 14.5. The van der Waals surface area contributed by atoms with Gasteiger partial charge in [-0.2, -0.15) is 0 Å². The maximum absolute atomic E-state index is 10.9. The Morgan fingerprint density at radius 3 is 3.07 bits per heavy atom. The van der Waals surface area contributed by atoms with Crippen LogP contribution in [-0.2, 0) is 11.2 Å². The molecular weight excluding hydrogens is 194 g/mol. The standard InChI is InChI=1S/C11H11NOS/c1-8(13)6-10-7-9-4-2-3-5-11(9)14-12-10/h2-5H,6-7H2,1H3. The SMILES string of the molecule is CC(=O)CC1=NSc2ccccc2C1. The van der Waals surface area contributed by atoms with Crippen molar-refractivity contribution in [2.24, 2.45) is 4.40 Å². The first kappa shape index (κ1) is 9.46. The highest BCUT2D eigenvalue weighted by atomic mass is 32.2. The summed E-state index contributed by atoms with van der Waals surface area (Å²) in [5.74, 6) is 0.184. The minimum Gasteiger partial charge on any atom is -0.300 e. The van der Waals surface area contributed by atoms with Crippen molar-refractivity contribution >= 4 is 23.4 Å². The lowest BCUT2D eigenvalue weighted by molar-refractivity contribution is -0.115. The Morgan fingerprint density at radius 1 is 1.50 bits per heavy atom. The van der Waals surface area contributed by atoms with Crippen molar-refractivity contribution in [2.75, 3.05) is 0 Å². The summed E-state index contributed by atoms with van der Waals surface area (Å²) in [5, 5.41) is 0. The number of Topliss-reactive ketones (excluding diaryl/α,β-unsaturated/α-hetero) is 1. The highest BCUT2D eigenvalue weighted by molar-refractivity contribution is 7.98. The summed E-state index contributed by atoms with van der Waals surface area (Å²) >= 11 is 1.47. The third kappa shape index (κ3) is 2.04. The molecule has 0 amide bonds. The predicted molar refractivity (Wildman–Crippen MR) is 58.7 cm³/mol. The van der Waals surface area contributed by atoms with Crippen LogP contribution in [0.2, 0.25) is 0 Å². The molecule has 0 saturated carbocycles. The molecule has 0 atom stereocenters. The molecule has 14 heavy (non-hydrogen) atoms. The number of fused-ring (bicyclic) bond motifs is 1. The van der Waals surface area contributed by atoms with Gasteiger partial charge in [0.15, 0.2) is 0 Å². The Balaban J connectivity index is 2.17. The van der Waals surface area contributed by atoms with Crippen LogP contribution in [0.1, 0.15) is 18.9 Å². The fourth-order valence-corrected chi connectivity index (χ4v) is 2.24. The lowest BCUT2D eigenvalue weighted by Gasteiger charge is -2.13. The van der Waals surface area contributed by atoms with Gasteiger partial charge in [0.2, 0.25) is 0 Å². The summed E-state index contributed by atoms with van der Waals surface area (Å²) in [6.45, 7) is 1.60. The smallest absolute Gasteiger partial charge is 0.135 e. The van der Waals surface area contributed by atoms with E-state index in [4.69, 9.17) is 0 Å². The first-order valence-electron chi connectivity index (χ1n) is 4.56. The maximum Gasteiger partial charge on any atom is 0.135 e. The molecule has 0 bridgehead atoms. The predicted octanol–water partition coefficient (Wildman–Crippen LogP) is 2.67. The van der Waals surface area contributed by atoms with Crippen molar-refractivity contribution in [3.8, 4) is 0 Å². The molecule has 1 aliphatic rings. The minimum atomic E-state index is 0.184. The molecule has 1 heterocycles. The topological polar surface area (TPSA) is 29.4 Å². The second-order valence-corrected chi connectivity index (χ2v) is 4.22. The van der Waals surface area contributed by atoms with Crippen molar-refractivity contribution in [1.29, 1.82) is 0 Å². The molecule has 1 aromatic rings. The Morgan fingerprint density at radius 2 is 2.29 bits per heavy atom. The van der Waals surface area contributed by atoms with E-state index in [1.54, 1.807) is 6.92 Å². The molecule has 0 aromatic heterocycles. The van der Waals surface area contributed by atoms with Gasteiger partial charge < -0.3 is 0 Å². The van der Waals surface area contributed by atoms with E-state index in [0.29, 0.717) is 6.42 Å². The van der Waals surface area contributed by atoms with Crippen molar-refractivity contribution < 1.29 is 4.79 Å². The summed E-state index contributed by atoms with van der Waals surface area (Å²) in [5.41, 5.74) is 2.27. The molecule has 1 aliphatic heterocycles. The quantitative estimate of drug-likeness (QED) is 0.695. The van der Waals surface area contributed by atoms with E-state index in [1.165, 1.54) is 22.4 Å². The third-order valence-electron chi connectivity index (χ3n) is 2.09. The zero-order chi connectivity index (χ0) is 9.97. The first-order chi connectivity index (χ1) is 6.75. The van der Waals surface area contributed by atoms with Crippen molar-refractivity contribution in [2.45, 2.75) is 24.7 Å². The maximum atomic E-state index is 10.9. The van der Waals surface area contributed by atoms with Gasteiger partial charge in [-0.15, -0.1) is 0 Å². The highest BCUT2D eigenvalue weighted by Gasteiger charge is 2.13. The number of nitrogens with zero attached hydrogens (tertiary/aromatic N) is 1. The van der Waals surface area contributed by atoms with Crippen LogP contribution in [0, 0.1) is 0 Å². The van der Waals surface area contributed by atoms with Crippen LogP contribution in [0.15, 0.2) is 33.6 Å². The number of benzene rings is 1. The van der Waals surface area contributed by atoms with Crippen LogP contribution in [0.3, 0.4) is 0 Å². The molecular formula is C11H11NOS. The zero-order valence-electron chi connectivity index (χ0n) is 7.99. The van der Waals surface area contributed by atoms with Gasteiger partial charge in [-0.25, -0.2) is 4.40 Å². The van der Waals surface area contributed by atoms with Crippen LogP contribution >= 0.6 is 11.9 Å². The molecule has 0 spiro atoms. The fraction of sp³-hybridized carbons (Fsp3) is 0.273. The molecule has 0 N–H and O–H groups in total. The van der Waals surface area contributed by atoms with Crippen molar-refractivity contribution in [3.63, 3.8) is 0 Å². The Hall–Kier alpha value is -1.09. The summed E-state index contributed by atoms with van der Waals surface area (Å²) in [7, 11) is 0. The Bertz CT molecular complexity index is 398. The summed E-state index contributed by atoms with van der Waals surface area (Å²) < 4.78 is 4.32. The molecule has 0 fully saturated rings. The number of carbonyl (C=O) groups is 1. The molecule has 0 unspecified atom stereocenters. The van der Waals surface area contributed by atoms with E-state index < -0.39 is 0 Å². The van der Waals surface area contributed by atoms with E-state index in [2.05, 4.69) is 16.5 Å². The van der Waals surface area contributed by atoms with Crippen LogP contribution in [0.4, 0.5) is 0 Å². The zero-order valence-corrected chi connectivity index (χ0v) is 8.80. The molecule has 0 aliphatic carbocycles. The van der Waals surface area contributed by atoms with E-state index in [0.717, 1.165) is 12.1 Å². The number of hydrogen-bond donors (Lipinski definition) is 0. The fourth-order valence-electron chi connectivity index (χ4n) is 1.49. The average molecular weight is 205 g/mol. The summed E-state index contributed by atoms with van der Waals surface area (Å²) in [6, 6.07) is 8.19. The third-order valence-corrected chi connectivity index (χ3v) is 3.04. The second-order valence-electron chi connectivity index (χ2n) is 3.41. The van der Waals surface area contributed by atoms with Gasteiger partial charge in [-0.1, -0.05) is 18.2 Å². The van der Waals surface area contributed by atoms with Crippen LogP contribution in [0.5, 0.6) is 0 Å². The van der Waals surface area contributed by atoms with Crippen LogP contribution in [0.25, 0.3) is 0 Å². The van der Waals surface area contributed by atoms with Gasteiger partial charge in [0, 0.05) is 35.4 Å². The lowest BCUT2D eigenvalue weighted by atomic mass is 10.0.